The molecule has 0 atom stereocenters. The second kappa shape index (κ2) is 6.03. The van der Waals surface area contributed by atoms with Crippen molar-refractivity contribution in [1.82, 2.24) is 10.4 Å². The number of hydrogen-bond acceptors (Lipinski definition) is 5. The van der Waals surface area contributed by atoms with Crippen molar-refractivity contribution in [3.63, 3.8) is 0 Å². The topological polar surface area (TPSA) is 88.2 Å². The normalized spacial score (nSPS) is 16.1. The Bertz CT molecular complexity index is 752. The van der Waals surface area contributed by atoms with Gasteiger partial charge >= 0.3 is 5.97 Å². The van der Waals surface area contributed by atoms with E-state index in [9.17, 15) is 9.90 Å². The fraction of sp³-hybridized carbons (Fsp3) is 0.412. The quantitative estimate of drug-likeness (QED) is 0.592. The highest BCUT2D eigenvalue weighted by Crippen LogP contribution is 2.45. The number of hydrogen-bond donors (Lipinski definition) is 3. The summed E-state index contributed by atoms with van der Waals surface area (Å²) >= 11 is 1.59. The SMILES string of the molecule is CC1(C)CCc2sc(-c3cccnc3CNN)c(C(=O)O)c2C1. The highest BCUT2D eigenvalue weighted by molar-refractivity contribution is 7.16. The number of carboxylic acid groups (broad SMARTS) is 1. The number of rotatable bonds is 4. The van der Waals surface area contributed by atoms with E-state index < -0.39 is 5.97 Å². The Labute approximate surface area is 139 Å². The zero-order valence-corrected chi connectivity index (χ0v) is 14.2. The molecule has 0 saturated heterocycles. The lowest BCUT2D eigenvalue weighted by Crippen LogP contribution is -2.22. The van der Waals surface area contributed by atoms with E-state index in [1.165, 1.54) is 4.88 Å². The molecule has 0 spiro atoms. The zero-order chi connectivity index (χ0) is 16.6. The first-order valence-corrected chi connectivity index (χ1v) is 8.50. The Balaban J connectivity index is 2.18. The Hall–Kier alpha value is -1.76. The molecule has 0 unspecified atom stereocenters. The fourth-order valence-corrected chi connectivity index (χ4v) is 4.57. The van der Waals surface area contributed by atoms with Crippen molar-refractivity contribution in [2.75, 3.05) is 0 Å². The molecule has 0 amide bonds. The number of nitrogens with one attached hydrogen (secondary N) is 1. The maximum atomic E-state index is 12.0. The Morgan fingerprint density at radius 1 is 1.52 bits per heavy atom. The highest BCUT2D eigenvalue weighted by atomic mass is 32.1. The molecule has 1 aliphatic rings. The van der Waals surface area contributed by atoms with Crippen LogP contribution in [0.3, 0.4) is 0 Å². The molecule has 2 heterocycles. The van der Waals surface area contributed by atoms with Gasteiger partial charge in [0.15, 0.2) is 0 Å². The van der Waals surface area contributed by atoms with Gasteiger partial charge in [0, 0.05) is 16.6 Å². The average molecular weight is 331 g/mol. The molecule has 0 aromatic carbocycles. The predicted octanol–water partition coefficient (Wildman–Crippen LogP) is 2.99. The number of nitrogens with two attached hydrogens (primary N) is 1. The molecule has 0 fully saturated rings. The van der Waals surface area contributed by atoms with Gasteiger partial charge in [0.2, 0.25) is 0 Å². The predicted molar refractivity (Wildman–Crippen MR) is 91.3 cm³/mol. The minimum absolute atomic E-state index is 0.145. The van der Waals surface area contributed by atoms with Crippen LogP contribution in [-0.2, 0) is 19.4 Å². The third kappa shape index (κ3) is 3.02. The van der Waals surface area contributed by atoms with Gasteiger partial charge in [-0.05, 0) is 36.3 Å². The summed E-state index contributed by atoms with van der Waals surface area (Å²) in [6.45, 7) is 4.81. The third-order valence-electron chi connectivity index (χ3n) is 4.39. The van der Waals surface area contributed by atoms with Crippen LogP contribution in [0.1, 0.15) is 46.8 Å². The molecule has 122 valence electrons. The first kappa shape index (κ1) is 16.1. The van der Waals surface area contributed by atoms with Crippen molar-refractivity contribution < 1.29 is 9.90 Å². The molecule has 0 radical (unpaired) electrons. The second-order valence-corrected chi connectivity index (χ2v) is 7.84. The van der Waals surface area contributed by atoms with E-state index in [4.69, 9.17) is 5.84 Å². The molecule has 1 aliphatic carbocycles. The molecular weight excluding hydrogens is 310 g/mol. The van der Waals surface area contributed by atoms with Gasteiger partial charge in [-0.2, -0.15) is 0 Å². The van der Waals surface area contributed by atoms with E-state index in [0.29, 0.717) is 12.1 Å². The van der Waals surface area contributed by atoms with Crippen molar-refractivity contribution in [1.29, 1.82) is 0 Å². The van der Waals surface area contributed by atoms with Gasteiger partial charge in [0.25, 0.3) is 0 Å². The summed E-state index contributed by atoms with van der Waals surface area (Å²) in [5, 5.41) is 9.81. The lowest BCUT2D eigenvalue weighted by molar-refractivity contribution is 0.0696. The van der Waals surface area contributed by atoms with Crippen molar-refractivity contribution in [3.05, 3.63) is 40.0 Å². The smallest absolute Gasteiger partial charge is 0.337 e. The first-order valence-electron chi connectivity index (χ1n) is 7.68. The third-order valence-corrected chi connectivity index (χ3v) is 5.72. The molecule has 0 aliphatic heterocycles. The largest absolute Gasteiger partial charge is 0.478 e. The minimum atomic E-state index is -0.856. The Kier molecular flexibility index (Phi) is 4.23. The van der Waals surface area contributed by atoms with Gasteiger partial charge in [0.1, 0.15) is 0 Å². The van der Waals surface area contributed by atoms with Crippen LogP contribution in [-0.4, -0.2) is 16.1 Å². The monoisotopic (exact) mass is 331 g/mol. The highest BCUT2D eigenvalue weighted by Gasteiger charge is 2.33. The van der Waals surface area contributed by atoms with Crippen LogP contribution in [0.25, 0.3) is 10.4 Å². The van der Waals surface area contributed by atoms with Gasteiger partial charge < -0.3 is 5.11 Å². The lowest BCUT2D eigenvalue weighted by atomic mass is 9.76. The van der Waals surface area contributed by atoms with Crippen molar-refractivity contribution >= 4 is 17.3 Å². The maximum absolute atomic E-state index is 12.0. The number of carbonyl (C=O) groups is 1. The second-order valence-electron chi connectivity index (χ2n) is 6.73. The van der Waals surface area contributed by atoms with Gasteiger partial charge in [0.05, 0.1) is 22.7 Å². The lowest BCUT2D eigenvalue weighted by Gasteiger charge is -2.29. The van der Waals surface area contributed by atoms with Crippen molar-refractivity contribution in [2.24, 2.45) is 11.3 Å². The molecule has 6 heteroatoms. The molecule has 0 bridgehead atoms. The van der Waals surface area contributed by atoms with Crippen LogP contribution in [0, 0.1) is 5.41 Å². The van der Waals surface area contributed by atoms with Crippen LogP contribution in [0.5, 0.6) is 0 Å². The van der Waals surface area contributed by atoms with Crippen LogP contribution < -0.4 is 11.3 Å². The number of pyridine rings is 1. The number of thiophene rings is 1. The molecule has 0 saturated carbocycles. The summed E-state index contributed by atoms with van der Waals surface area (Å²) in [7, 11) is 0. The van der Waals surface area contributed by atoms with E-state index in [-0.39, 0.29) is 5.41 Å². The summed E-state index contributed by atoms with van der Waals surface area (Å²) in [6.07, 6.45) is 4.54. The number of hydrazine groups is 1. The number of aromatic carboxylic acids is 1. The minimum Gasteiger partial charge on any atom is -0.478 e. The number of fused-ring (bicyclic) bond motifs is 1. The van der Waals surface area contributed by atoms with E-state index in [0.717, 1.165) is 41.0 Å². The average Bonchev–Trinajstić information content (AvgIpc) is 2.85. The molecule has 5 nitrogen and oxygen atoms in total. The van der Waals surface area contributed by atoms with Gasteiger partial charge in [-0.1, -0.05) is 19.9 Å². The summed E-state index contributed by atoms with van der Waals surface area (Å²) in [4.78, 5) is 18.3. The van der Waals surface area contributed by atoms with E-state index >= 15 is 0 Å². The molecule has 2 aromatic rings. The Morgan fingerprint density at radius 3 is 3.00 bits per heavy atom. The maximum Gasteiger partial charge on any atom is 0.337 e. The number of nitrogens with zero attached hydrogens (tertiary/aromatic N) is 1. The van der Waals surface area contributed by atoms with E-state index in [2.05, 4.69) is 24.3 Å². The molecule has 4 N–H and O–H groups in total. The van der Waals surface area contributed by atoms with Gasteiger partial charge in [-0.25, -0.2) is 4.79 Å². The van der Waals surface area contributed by atoms with Crippen LogP contribution in [0.4, 0.5) is 0 Å². The summed E-state index contributed by atoms with van der Waals surface area (Å²) in [5.41, 5.74) is 5.84. The number of aromatic nitrogens is 1. The van der Waals surface area contributed by atoms with Crippen molar-refractivity contribution in [2.45, 2.75) is 39.7 Å². The fourth-order valence-electron chi connectivity index (χ4n) is 3.22. The van der Waals surface area contributed by atoms with Gasteiger partial charge in [-0.15, -0.1) is 11.3 Å². The summed E-state index contributed by atoms with van der Waals surface area (Å²) < 4.78 is 0. The molecular formula is C17H21N3O2S. The molecule has 3 rings (SSSR count). The summed E-state index contributed by atoms with van der Waals surface area (Å²) in [6, 6.07) is 3.76. The first-order chi connectivity index (χ1) is 10.9. The number of carboxylic acids is 1. The molecule has 23 heavy (non-hydrogen) atoms. The van der Waals surface area contributed by atoms with Crippen LogP contribution in [0.2, 0.25) is 0 Å². The van der Waals surface area contributed by atoms with Crippen molar-refractivity contribution in [3.8, 4) is 10.4 Å². The standard InChI is InChI=1S/C17H21N3O2S/c1-17(2)6-5-13-11(8-17)14(16(21)22)15(23-13)10-4-3-7-19-12(10)9-20-18/h3-4,7,20H,5-6,8-9,18H2,1-2H3,(H,21,22). The Morgan fingerprint density at radius 2 is 2.30 bits per heavy atom. The van der Waals surface area contributed by atoms with E-state index in [1.807, 2.05) is 12.1 Å². The van der Waals surface area contributed by atoms with E-state index in [1.54, 1.807) is 17.5 Å². The van der Waals surface area contributed by atoms with Crippen LogP contribution >= 0.6 is 11.3 Å². The summed E-state index contributed by atoms with van der Waals surface area (Å²) in [5.74, 6) is 4.58. The van der Waals surface area contributed by atoms with Gasteiger partial charge in [-0.3, -0.25) is 16.3 Å². The zero-order valence-electron chi connectivity index (χ0n) is 13.3. The number of aryl methyl sites for hydroxylation is 1. The van der Waals surface area contributed by atoms with Crippen LogP contribution in [0.15, 0.2) is 18.3 Å². The molecule has 2 aromatic heterocycles.